The van der Waals surface area contributed by atoms with Gasteiger partial charge in [0.05, 0.1) is 12.2 Å². The minimum atomic E-state index is -0.703. The average molecular weight is 476 g/mol. The maximum Gasteiger partial charge on any atom is 0.300 e. The number of carbonyl (C=O) groups excluding carboxylic acids is 2. The van der Waals surface area contributed by atoms with Crippen molar-refractivity contribution in [2.45, 2.75) is 46.1 Å². The number of hydrogen-bond donors (Lipinski definition) is 1. The zero-order valence-electron chi connectivity index (χ0n) is 20.1. The van der Waals surface area contributed by atoms with Gasteiger partial charge in [0.2, 0.25) is 0 Å². The number of para-hydroxylation sites is 1. The van der Waals surface area contributed by atoms with Gasteiger partial charge in [0.25, 0.3) is 11.7 Å². The largest absolute Gasteiger partial charge is 0.507 e. The Morgan fingerprint density at radius 2 is 1.82 bits per heavy atom. The van der Waals surface area contributed by atoms with E-state index in [1.165, 1.54) is 16.2 Å². The van der Waals surface area contributed by atoms with Gasteiger partial charge in [-0.25, -0.2) is 0 Å². The van der Waals surface area contributed by atoms with Crippen LogP contribution in [0.2, 0.25) is 0 Å². The summed E-state index contributed by atoms with van der Waals surface area (Å²) < 4.78 is 5.80. The van der Waals surface area contributed by atoms with E-state index < -0.39 is 17.7 Å². The molecule has 1 aromatic heterocycles. The maximum absolute atomic E-state index is 13.3. The molecule has 5 nitrogen and oxygen atoms in total. The first kappa shape index (κ1) is 23.8. The first-order valence-electron chi connectivity index (χ1n) is 11.3. The van der Waals surface area contributed by atoms with Crippen LogP contribution in [0.25, 0.3) is 5.76 Å². The Morgan fingerprint density at radius 3 is 2.44 bits per heavy atom. The number of aryl methyl sites for hydroxylation is 1. The Balaban J connectivity index is 1.93. The van der Waals surface area contributed by atoms with Crippen LogP contribution in [-0.4, -0.2) is 23.4 Å². The number of thiophene rings is 1. The normalized spacial score (nSPS) is 17.9. The summed E-state index contributed by atoms with van der Waals surface area (Å²) in [5, 5.41) is 13.4. The lowest BCUT2D eigenvalue weighted by atomic mass is 9.84. The van der Waals surface area contributed by atoms with Crippen molar-refractivity contribution in [2.24, 2.45) is 0 Å². The third kappa shape index (κ3) is 4.14. The Morgan fingerprint density at radius 1 is 1.09 bits per heavy atom. The maximum atomic E-state index is 13.3. The Labute approximate surface area is 204 Å². The number of carbonyl (C=O) groups is 2. The number of anilines is 1. The first-order chi connectivity index (χ1) is 16.1. The number of benzene rings is 2. The standard InChI is InChI=1S/C28H29NO4S/c1-6-33-21-14-13-18(16-19(21)28(3,4)5)25(30)23-24(22-12-9-15-34-22)29(27(32)26(23)31)20-11-8-7-10-17(20)2/h7-16,24,30H,6H2,1-5H3/b25-23-. The van der Waals surface area contributed by atoms with E-state index in [9.17, 15) is 14.7 Å². The van der Waals surface area contributed by atoms with Crippen LogP contribution in [0, 0.1) is 6.92 Å². The topological polar surface area (TPSA) is 66.8 Å². The molecule has 6 heteroatoms. The van der Waals surface area contributed by atoms with Gasteiger partial charge in [-0.15, -0.1) is 11.3 Å². The van der Waals surface area contributed by atoms with Crippen molar-refractivity contribution < 1.29 is 19.4 Å². The number of rotatable bonds is 5. The van der Waals surface area contributed by atoms with Gasteiger partial charge in [0, 0.05) is 21.7 Å². The zero-order valence-corrected chi connectivity index (χ0v) is 20.9. The summed E-state index contributed by atoms with van der Waals surface area (Å²) in [6.45, 7) is 10.6. The highest BCUT2D eigenvalue weighted by atomic mass is 32.1. The van der Waals surface area contributed by atoms with Crippen LogP contribution < -0.4 is 9.64 Å². The van der Waals surface area contributed by atoms with Crippen LogP contribution in [-0.2, 0) is 15.0 Å². The lowest BCUT2D eigenvalue weighted by Gasteiger charge is -2.26. The predicted octanol–water partition coefficient (Wildman–Crippen LogP) is 6.38. The van der Waals surface area contributed by atoms with Crippen LogP contribution in [0.15, 0.2) is 65.6 Å². The van der Waals surface area contributed by atoms with Crippen molar-refractivity contribution in [2.75, 3.05) is 11.5 Å². The lowest BCUT2D eigenvalue weighted by Crippen LogP contribution is -2.29. The van der Waals surface area contributed by atoms with Crippen LogP contribution in [0.3, 0.4) is 0 Å². The quantitative estimate of drug-likeness (QED) is 0.264. The number of hydrogen-bond acceptors (Lipinski definition) is 5. The fourth-order valence-electron chi connectivity index (χ4n) is 4.33. The molecule has 1 saturated heterocycles. The van der Waals surface area contributed by atoms with E-state index in [1.54, 1.807) is 6.07 Å². The highest BCUT2D eigenvalue weighted by Crippen LogP contribution is 2.45. The second-order valence-corrected chi connectivity index (χ2v) is 10.3. The molecule has 1 amide bonds. The molecular formula is C28H29NO4S. The smallest absolute Gasteiger partial charge is 0.300 e. The van der Waals surface area contributed by atoms with Gasteiger partial charge in [0.1, 0.15) is 17.6 Å². The number of amides is 1. The molecule has 1 unspecified atom stereocenters. The summed E-state index contributed by atoms with van der Waals surface area (Å²) in [5.41, 5.74) is 2.78. The molecule has 1 atom stereocenters. The summed E-state index contributed by atoms with van der Waals surface area (Å²) in [5.74, 6) is -0.773. The molecule has 2 aromatic carbocycles. The van der Waals surface area contributed by atoms with Gasteiger partial charge >= 0.3 is 0 Å². The minimum Gasteiger partial charge on any atom is -0.507 e. The minimum absolute atomic E-state index is 0.0970. The molecule has 4 rings (SSSR count). The SMILES string of the molecule is CCOc1ccc(/C(O)=C2/C(=O)C(=O)N(c3ccccc3C)C2c2cccs2)cc1C(C)(C)C. The average Bonchev–Trinajstić information content (AvgIpc) is 3.41. The fourth-order valence-corrected chi connectivity index (χ4v) is 5.15. The molecule has 1 fully saturated rings. The number of aliphatic hydroxyl groups is 1. The number of ketones is 1. The Hall–Kier alpha value is -3.38. The second kappa shape index (κ2) is 9.11. The molecule has 0 aliphatic carbocycles. The highest BCUT2D eigenvalue weighted by molar-refractivity contribution is 7.10. The molecule has 34 heavy (non-hydrogen) atoms. The molecule has 3 aromatic rings. The second-order valence-electron chi connectivity index (χ2n) is 9.36. The van der Waals surface area contributed by atoms with Crippen LogP contribution in [0.1, 0.15) is 55.3 Å². The zero-order chi connectivity index (χ0) is 24.6. The summed E-state index contributed by atoms with van der Waals surface area (Å²) in [6, 6.07) is 15.9. The van der Waals surface area contributed by atoms with E-state index in [0.717, 1.165) is 21.8 Å². The lowest BCUT2D eigenvalue weighted by molar-refractivity contribution is -0.132. The van der Waals surface area contributed by atoms with Gasteiger partial charge in [-0.3, -0.25) is 14.5 Å². The van der Waals surface area contributed by atoms with Crippen LogP contribution in [0.5, 0.6) is 5.75 Å². The molecule has 0 spiro atoms. The number of nitrogens with zero attached hydrogens (tertiary/aromatic N) is 1. The first-order valence-corrected chi connectivity index (χ1v) is 12.2. The van der Waals surface area contributed by atoms with Crippen molar-refractivity contribution in [3.05, 3.63) is 87.1 Å². The van der Waals surface area contributed by atoms with Gasteiger partial charge in [0.15, 0.2) is 0 Å². The van der Waals surface area contributed by atoms with E-state index in [0.29, 0.717) is 17.9 Å². The Kier molecular flexibility index (Phi) is 6.36. The van der Waals surface area contributed by atoms with E-state index >= 15 is 0 Å². The monoisotopic (exact) mass is 475 g/mol. The van der Waals surface area contributed by atoms with E-state index in [1.807, 2.05) is 67.8 Å². The molecule has 0 radical (unpaired) electrons. The van der Waals surface area contributed by atoms with E-state index in [2.05, 4.69) is 20.8 Å². The number of ether oxygens (including phenoxy) is 1. The number of aliphatic hydroxyl groups excluding tert-OH is 1. The number of Topliss-reactive ketones (excluding diaryl/α,β-unsaturated/α-hetero) is 1. The highest BCUT2D eigenvalue weighted by Gasteiger charge is 2.47. The van der Waals surface area contributed by atoms with E-state index in [4.69, 9.17) is 4.74 Å². The third-order valence-corrected chi connectivity index (χ3v) is 6.92. The molecular weight excluding hydrogens is 446 g/mol. The molecule has 176 valence electrons. The summed E-state index contributed by atoms with van der Waals surface area (Å²) in [7, 11) is 0. The molecule has 0 saturated carbocycles. The van der Waals surface area contributed by atoms with Crippen molar-refractivity contribution in [1.82, 2.24) is 0 Å². The third-order valence-electron chi connectivity index (χ3n) is 5.99. The van der Waals surface area contributed by atoms with E-state index in [-0.39, 0.29) is 16.7 Å². The Bertz CT molecular complexity index is 1270. The van der Waals surface area contributed by atoms with Gasteiger partial charge in [-0.1, -0.05) is 45.0 Å². The van der Waals surface area contributed by atoms with Crippen LogP contribution in [0.4, 0.5) is 5.69 Å². The summed E-state index contributed by atoms with van der Waals surface area (Å²) >= 11 is 1.45. The van der Waals surface area contributed by atoms with Gasteiger partial charge in [-0.05, 0) is 60.5 Å². The van der Waals surface area contributed by atoms with Crippen molar-refractivity contribution in [3.8, 4) is 5.75 Å². The van der Waals surface area contributed by atoms with Gasteiger partial charge < -0.3 is 9.84 Å². The predicted molar refractivity (Wildman–Crippen MR) is 137 cm³/mol. The molecule has 1 aliphatic rings. The molecule has 2 heterocycles. The van der Waals surface area contributed by atoms with Crippen molar-refractivity contribution in [3.63, 3.8) is 0 Å². The fraction of sp³-hybridized carbons (Fsp3) is 0.286. The van der Waals surface area contributed by atoms with Gasteiger partial charge in [-0.2, -0.15) is 0 Å². The van der Waals surface area contributed by atoms with Crippen molar-refractivity contribution in [1.29, 1.82) is 0 Å². The van der Waals surface area contributed by atoms with Crippen molar-refractivity contribution >= 4 is 34.5 Å². The summed E-state index contributed by atoms with van der Waals surface area (Å²) in [6.07, 6.45) is 0. The molecule has 1 N–H and O–H groups in total. The molecule has 1 aliphatic heterocycles. The summed E-state index contributed by atoms with van der Waals surface area (Å²) in [4.78, 5) is 29.0. The van der Waals surface area contributed by atoms with Crippen LogP contribution >= 0.6 is 11.3 Å². The molecule has 0 bridgehead atoms.